The van der Waals surface area contributed by atoms with E-state index in [1.807, 2.05) is 18.2 Å². The lowest BCUT2D eigenvalue weighted by Crippen LogP contribution is -2.24. The van der Waals surface area contributed by atoms with Crippen molar-refractivity contribution in [1.29, 1.82) is 0 Å². The van der Waals surface area contributed by atoms with Gasteiger partial charge in [0, 0.05) is 12.5 Å². The van der Waals surface area contributed by atoms with Crippen LogP contribution < -0.4 is 5.32 Å². The minimum absolute atomic E-state index is 0.0865. The number of amides is 1. The van der Waals surface area contributed by atoms with Crippen molar-refractivity contribution in [2.75, 3.05) is 0 Å². The van der Waals surface area contributed by atoms with Gasteiger partial charge < -0.3 is 10.4 Å². The van der Waals surface area contributed by atoms with Gasteiger partial charge in [-0.05, 0) is 48.1 Å². The minimum Gasteiger partial charge on any atom is -0.508 e. The zero-order chi connectivity index (χ0) is 14.8. The van der Waals surface area contributed by atoms with Crippen LogP contribution in [0.3, 0.4) is 0 Å². The van der Waals surface area contributed by atoms with Crippen molar-refractivity contribution in [3.8, 4) is 5.75 Å². The molecule has 0 saturated heterocycles. The van der Waals surface area contributed by atoms with Crippen molar-refractivity contribution in [2.24, 2.45) is 5.92 Å². The Labute approximate surface area is 124 Å². The van der Waals surface area contributed by atoms with Gasteiger partial charge in [0.1, 0.15) is 5.75 Å². The topological polar surface area (TPSA) is 49.3 Å². The number of aromatic hydroxyl groups is 1. The summed E-state index contributed by atoms with van der Waals surface area (Å²) >= 11 is 0. The Balaban J connectivity index is 1.57. The summed E-state index contributed by atoms with van der Waals surface area (Å²) in [7, 11) is 0. The van der Waals surface area contributed by atoms with Gasteiger partial charge in [-0.2, -0.15) is 0 Å². The molecule has 3 rings (SSSR count). The Morgan fingerprint density at radius 1 is 1.24 bits per heavy atom. The van der Waals surface area contributed by atoms with E-state index in [0.29, 0.717) is 12.5 Å². The average molecular weight is 281 g/mol. The van der Waals surface area contributed by atoms with Crippen LogP contribution >= 0.6 is 0 Å². The fraction of sp³-hybridized carbons (Fsp3) is 0.278. The van der Waals surface area contributed by atoms with Crippen molar-refractivity contribution in [1.82, 2.24) is 5.32 Å². The second-order valence-electron chi connectivity index (χ2n) is 5.69. The summed E-state index contributed by atoms with van der Waals surface area (Å²) in [4.78, 5) is 12.2. The first kappa shape index (κ1) is 13.7. The van der Waals surface area contributed by atoms with Crippen LogP contribution in [0.2, 0.25) is 0 Å². The molecular formula is C18H19NO2. The second kappa shape index (κ2) is 5.60. The fourth-order valence-corrected chi connectivity index (χ4v) is 2.82. The summed E-state index contributed by atoms with van der Waals surface area (Å²) in [5, 5.41) is 12.4. The highest BCUT2D eigenvalue weighted by Gasteiger charge is 2.44. The molecule has 108 valence electrons. The molecule has 0 unspecified atom stereocenters. The van der Waals surface area contributed by atoms with E-state index in [0.717, 1.165) is 12.0 Å². The molecule has 1 aliphatic carbocycles. The van der Waals surface area contributed by atoms with Gasteiger partial charge in [-0.1, -0.05) is 36.4 Å². The fourth-order valence-electron chi connectivity index (χ4n) is 2.82. The van der Waals surface area contributed by atoms with E-state index in [1.54, 1.807) is 18.2 Å². The van der Waals surface area contributed by atoms with Gasteiger partial charge in [-0.3, -0.25) is 4.79 Å². The van der Waals surface area contributed by atoms with Crippen LogP contribution in [-0.4, -0.2) is 11.0 Å². The normalized spacial score (nSPS) is 20.0. The molecule has 0 spiro atoms. The van der Waals surface area contributed by atoms with Gasteiger partial charge in [0.2, 0.25) is 5.91 Å². The molecule has 2 aromatic rings. The van der Waals surface area contributed by atoms with Crippen molar-refractivity contribution in [3.63, 3.8) is 0 Å². The summed E-state index contributed by atoms with van der Waals surface area (Å²) in [6, 6.07) is 15.2. The molecule has 0 radical (unpaired) electrons. The standard InChI is InChI=1S/C18H19NO2/c1-12-5-2-3-8-15(12)16-10-17(16)18(21)19-11-13-6-4-7-14(20)9-13/h2-9,16-17,20H,10-11H2,1H3,(H,19,21)/t16-,17-/m1/s1. The third-order valence-corrected chi connectivity index (χ3v) is 4.09. The molecule has 1 fully saturated rings. The Morgan fingerprint density at radius 3 is 2.81 bits per heavy atom. The smallest absolute Gasteiger partial charge is 0.224 e. The van der Waals surface area contributed by atoms with Crippen molar-refractivity contribution in [3.05, 3.63) is 65.2 Å². The summed E-state index contributed by atoms with van der Waals surface area (Å²) < 4.78 is 0. The Bertz CT molecular complexity index is 666. The maximum atomic E-state index is 12.2. The first-order valence-corrected chi connectivity index (χ1v) is 7.26. The maximum Gasteiger partial charge on any atom is 0.224 e. The van der Waals surface area contributed by atoms with Gasteiger partial charge in [0.25, 0.3) is 0 Å². The highest BCUT2D eigenvalue weighted by atomic mass is 16.3. The number of nitrogens with one attached hydrogen (secondary N) is 1. The SMILES string of the molecule is Cc1ccccc1[C@H]1C[C@H]1C(=O)NCc1cccc(O)c1. The molecule has 21 heavy (non-hydrogen) atoms. The van der Waals surface area contributed by atoms with Crippen molar-refractivity contribution >= 4 is 5.91 Å². The van der Waals surface area contributed by atoms with Gasteiger partial charge >= 0.3 is 0 Å². The van der Waals surface area contributed by atoms with E-state index in [4.69, 9.17) is 0 Å². The number of hydrogen-bond acceptors (Lipinski definition) is 2. The summed E-state index contributed by atoms with van der Waals surface area (Å²) in [5.74, 6) is 0.774. The number of benzene rings is 2. The molecule has 2 aromatic carbocycles. The number of rotatable bonds is 4. The lowest BCUT2D eigenvalue weighted by Gasteiger charge is -2.07. The number of carbonyl (C=O) groups excluding carboxylic acids is 1. The highest BCUT2D eigenvalue weighted by molar-refractivity contribution is 5.83. The lowest BCUT2D eigenvalue weighted by atomic mass is 10.0. The highest BCUT2D eigenvalue weighted by Crippen LogP contribution is 2.48. The van der Waals surface area contributed by atoms with Crippen LogP contribution in [0.1, 0.15) is 29.0 Å². The van der Waals surface area contributed by atoms with E-state index in [-0.39, 0.29) is 17.6 Å². The molecular weight excluding hydrogens is 262 g/mol. The number of phenols is 1. The Kier molecular flexibility index (Phi) is 3.65. The van der Waals surface area contributed by atoms with Crippen LogP contribution in [0, 0.1) is 12.8 Å². The van der Waals surface area contributed by atoms with Crippen LogP contribution in [0.25, 0.3) is 0 Å². The third-order valence-electron chi connectivity index (χ3n) is 4.09. The zero-order valence-electron chi connectivity index (χ0n) is 12.0. The molecule has 1 aliphatic rings. The van der Waals surface area contributed by atoms with Crippen molar-refractivity contribution < 1.29 is 9.90 Å². The van der Waals surface area contributed by atoms with E-state index >= 15 is 0 Å². The molecule has 0 bridgehead atoms. The van der Waals surface area contributed by atoms with E-state index in [1.165, 1.54) is 11.1 Å². The van der Waals surface area contributed by atoms with Gasteiger partial charge in [0.15, 0.2) is 0 Å². The number of phenolic OH excluding ortho intramolecular Hbond substituents is 1. The average Bonchev–Trinajstić information content (AvgIpc) is 3.26. The number of aryl methyl sites for hydroxylation is 1. The van der Waals surface area contributed by atoms with Crippen LogP contribution in [-0.2, 0) is 11.3 Å². The van der Waals surface area contributed by atoms with Gasteiger partial charge in [-0.25, -0.2) is 0 Å². The van der Waals surface area contributed by atoms with E-state index in [2.05, 4.69) is 24.4 Å². The number of carbonyl (C=O) groups is 1. The maximum absolute atomic E-state index is 12.2. The summed E-state index contributed by atoms with van der Waals surface area (Å²) in [5.41, 5.74) is 3.46. The molecule has 0 aromatic heterocycles. The Morgan fingerprint density at radius 2 is 2.05 bits per heavy atom. The van der Waals surface area contributed by atoms with Crippen LogP contribution in [0.15, 0.2) is 48.5 Å². The summed E-state index contributed by atoms with van der Waals surface area (Å²) in [6.45, 7) is 2.56. The lowest BCUT2D eigenvalue weighted by molar-refractivity contribution is -0.122. The molecule has 2 N–H and O–H groups in total. The monoisotopic (exact) mass is 281 g/mol. The van der Waals surface area contributed by atoms with E-state index in [9.17, 15) is 9.90 Å². The third kappa shape index (κ3) is 3.07. The van der Waals surface area contributed by atoms with Crippen molar-refractivity contribution in [2.45, 2.75) is 25.8 Å². The first-order chi connectivity index (χ1) is 10.1. The van der Waals surface area contributed by atoms with E-state index < -0.39 is 0 Å². The number of hydrogen-bond donors (Lipinski definition) is 2. The van der Waals surface area contributed by atoms with Crippen LogP contribution in [0.5, 0.6) is 5.75 Å². The van der Waals surface area contributed by atoms with Gasteiger partial charge in [-0.15, -0.1) is 0 Å². The van der Waals surface area contributed by atoms with Gasteiger partial charge in [0.05, 0.1) is 0 Å². The predicted molar refractivity (Wildman–Crippen MR) is 82.0 cm³/mol. The molecule has 0 heterocycles. The quantitative estimate of drug-likeness (QED) is 0.904. The second-order valence-corrected chi connectivity index (χ2v) is 5.69. The van der Waals surface area contributed by atoms with Crippen LogP contribution in [0.4, 0.5) is 0 Å². The summed E-state index contributed by atoms with van der Waals surface area (Å²) in [6.07, 6.45) is 0.927. The molecule has 1 saturated carbocycles. The first-order valence-electron chi connectivity index (χ1n) is 7.26. The molecule has 3 heteroatoms. The minimum atomic E-state index is 0.0865. The Hall–Kier alpha value is -2.29. The molecule has 3 nitrogen and oxygen atoms in total. The largest absolute Gasteiger partial charge is 0.508 e. The zero-order valence-corrected chi connectivity index (χ0v) is 12.0. The predicted octanol–water partition coefficient (Wildman–Crippen LogP) is 3.12. The molecule has 2 atom stereocenters. The molecule has 0 aliphatic heterocycles. The molecule has 1 amide bonds.